The number of rotatable bonds is 2. The summed E-state index contributed by atoms with van der Waals surface area (Å²) in [4.78, 5) is 0. The molecule has 0 aliphatic rings. The maximum Gasteiger partial charge on any atom is 0.416 e. The monoisotopic (exact) mass is 448 g/mol. The van der Waals surface area contributed by atoms with Crippen LogP contribution < -0.4 is 0 Å². The van der Waals surface area contributed by atoms with Gasteiger partial charge in [0, 0.05) is 0 Å². The molecular formula is C31H19F3. The molecule has 6 aromatic carbocycles. The van der Waals surface area contributed by atoms with E-state index >= 15 is 0 Å². The third kappa shape index (κ3) is 3.32. The topological polar surface area (TPSA) is 0 Å². The molecule has 0 fully saturated rings. The zero-order valence-corrected chi connectivity index (χ0v) is 18.1. The van der Waals surface area contributed by atoms with Gasteiger partial charge in [-0.3, -0.25) is 0 Å². The molecule has 0 aliphatic heterocycles. The van der Waals surface area contributed by atoms with Gasteiger partial charge in [-0.15, -0.1) is 0 Å². The average molecular weight is 448 g/mol. The van der Waals surface area contributed by atoms with E-state index in [1.165, 1.54) is 12.1 Å². The minimum absolute atomic E-state index is 0.555. The second-order valence-electron chi connectivity index (χ2n) is 8.48. The first-order valence-electron chi connectivity index (χ1n) is 11.1. The van der Waals surface area contributed by atoms with Crippen molar-refractivity contribution in [2.45, 2.75) is 6.18 Å². The number of alkyl halides is 3. The largest absolute Gasteiger partial charge is 0.416 e. The molecule has 0 heterocycles. The highest BCUT2D eigenvalue weighted by Crippen LogP contribution is 2.43. The minimum atomic E-state index is -4.39. The van der Waals surface area contributed by atoms with Crippen LogP contribution >= 0.6 is 0 Å². The van der Waals surface area contributed by atoms with Gasteiger partial charge in [-0.2, -0.15) is 13.2 Å². The molecule has 0 saturated carbocycles. The van der Waals surface area contributed by atoms with E-state index in [4.69, 9.17) is 0 Å². The predicted octanol–water partition coefficient (Wildman–Crippen LogP) is 9.50. The molecular weight excluding hydrogens is 429 g/mol. The van der Waals surface area contributed by atoms with E-state index in [1.54, 1.807) is 6.07 Å². The zero-order valence-electron chi connectivity index (χ0n) is 18.1. The van der Waals surface area contributed by atoms with Crippen molar-refractivity contribution in [3.8, 4) is 22.3 Å². The van der Waals surface area contributed by atoms with Crippen molar-refractivity contribution in [1.82, 2.24) is 0 Å². The van der Waals surface area contributed by atoms with Gasteiger partial charge in [-0.25, -0.2) is 0 Å². The van der Waals surface area contributed by atoms with Gasteiger partial charge in [0.1, 0.15) is 0 Å². The summed E-state index contributed by atoms with van der Waals surface area (Å²) >= 11 is 0. The van der Waals surface area contributed by atoms with E-state index in [0.717, 1.165) is 55.1 Å². The Balaban J connectivity index is 1.73. The van der Waals surface area contributed by atoms with Crippen LogP contribution in [0.15, 0.2) is 115 Å². The fourth-order valence-electron chi connectivity index (χ4n) is 4.94. The maximum absolute atomic E-state index is 13.4. The van der Waals surface area contributed by atoms with E-state index in [-0.39, 0.29) is 0 Å². The number of halogens is 3. The highest BCUT2D eigenvalue weighted by atomic mass is 19.4. The Kier molecular flexibility index (Phi) is 4.66. The molecule has 0 spiro atoms. The van der Waals surface area contributed by atoms with Crippen LogP contribution in [-0.2, 0) is 6.18 Å². The van der Waals surface area contributed by atoms with Gasteiger partial charge in [-0.1, -0.05) is 97.1 Å². The predicted molar refractivity (Wildman–Crippen MR) is 135 cm³/mol. The Morgan fingerprint density at radius 3 is 1.88 bits per heavy atom. The minimum Gasteiger partial charge on any atom is -0.166 e. The van der Waals surface area contributed by atoms with Crippen LogP contribution in [0.5, 0.6) is 0 Å². The lowest BCUT2D eigenvalue weighted by Crippen LogP contribution is -2.04. The summed E-state index contributed by atoms with van der Waals surface area (Å²) in [5.74, 6) is 0. The van der Waals surface area contributed by atoms with Crippen molar-refractivity contribution in [2.75, 3.05) is 0 Å². The number of hydrogen-bond donors (Lipinski definition) is 0. The fraction of sp³-hybridized carbons (Fsp3) is 0.0323. The van der Waals surface area contributed by atoms with Crippen LogP contribution in [0, 0.1) is 0 Å². The highest BCUT2D eigenvalue weighted by molar-refractivity contribution is 6.19. The van der Waals surface area contributed by atoms with E-state index in [2.05, 4.69) is 54.6 Å². The summed E-state index contributed by atoms with van der Waals surface area (Å²) in [6.07, 6.45) is -4.39. The molecule has 0 atom stereocenters. The summed E-state index contributed by atoms with van der Waals surface area (Å²) in [5, 5.41) is 6.42. The maximum atomic E-state index is 13.4. The Morgan fingerprint density at radius 2 is 1.06 bits per heavy atom. The third-order valence-corrected chi connectivity index (χ3v) is 6.47. The van der Waals surface area contributed by atoms with Crippen LogP contribution in [0.1, 0.15) is 5.56 Å². The van der Waals surface area contributed by atoms with Gasteiger partial charge in [0.25, 0.3) is 0 Å². The molecule has 0 bridgehead atoms. The number of benzene rings is 6. The van der Waals surface area contributed by atoms with E-state index in [9.17, 15) is 13.2 Å². The summed E-state index contributed by atoms with van der Waals surface area (Å²) in [7, 11) is 0. The Hall–Kier alpha value is -4.11. The van der Waals surface area contributed by atoms with Crippen molar-refractivity contribution in [3.63, 3.8) is 0 Å². The molecule has 0 aromatic heterocycles. The second-order valence-corrected chi connectivity index (χ2v) is 8.48. The summed E-state index contributed by atoms with van der Waals surface area (Å²) in [6.45, 7) is 0. The molecule has 6 rings (SSSR count). The molecule has 0 nitrogen and oxygen atoms in total. The molecule has 0 aliphatic carbocycles. The molecule has 0 saturated heterocycles. The van der Waals surface area contributed by atoms with Gasteiger partial charge < -0.3 is 0 Å². The van der Waals surface area contributed by atoms with Gasteiger partial charge in [0.15, 0.2) is 0 Å². The average Bonchev–Trinajstić information content (AvgIpc) is 2.86. The zero-order chi connectivity index (χ0) is 23.3. The molecule has 0 radical (unpaired) electrons. The summed E-state index contributed by atoms with van der Waals surface area (Å²) in [5.41, 5.74) is 2.91. The highest BCUT2D eigenvalue weighted by Gasteiger charge is 2.30. The van der Waals surface area contributed by atoms with Gasteiger partial charge in [0.05, 0.1) is 5.56 Å². The van der Waals surface area contributed by atoms with E-state index < -0.39 is 11.7 Å². The van der Waals surface area contributed by atoms with Crippen LogP contribution in [0.25, 0.3) is 54.6 Å². The van der Waals surface area contributed by atoms with Crippen LogP contribution in [0.3, 0.4) is 0 Å². The van der Waals surface area contributed by atoms with Crippen LogP contribution in [0.2, 0.25) is 0 Å². The quantitative estimate of drug-likeness (QED) is 0.231. The lowest BCUT2D eigenvalue weighted by Gasteiger charge is -2.17. The molecule has 0 N–H and O–H groups in total. The van der Waals surface area contributed by atoms with Crippen molar-refractivity contribution in [3.05, 3.63) is 121 Å². The van der Waals surface area contributed by atoms with Crippen LogP contribution in [0.4, 0.5) is 13.2 Å². The normalized spacial score (nSPS) is 12.0. The van der Waals surface area contributed by atoms with Gasteiger partial charge >= 0.3 is 6.18 Å². The van der Waals surface area contributed by atoms with Crippen molar-refractivity contribution in [1.29, 1.82) is 0 Å². The first-order valence-corrected chi connectivity index (χ1v) is 11.1. The van der Waals surface area contributed by atoms with Gasteiger partial charge in [-0.05, 0) is 72.8 Å². The smallest absolute Gasteiger partial charge is 0.166 e. The molecule has 34 heavy (non-hydrogen) atoms. The number of fused-ring (bicyclic) bond motifs is 3. The second kappa shape index (κ2) is 7.74. The van der Waals surface area contributed by atoms with Gasteiger partial charge in [0.2, 0.25) is 0 Å². The third-order valence-electron chi connectivity index (χ3n) is 6.47. The standard InChI is InChI=1S/C31H19F3/c32-31(33,34)23-12-5-11-21(18-23)25-15-7-17-28-29(25)19-22-9-2-4-14-26(22)30(28)27-16-6-10-20-8-1-3-13-24(20)27/h1-19H. The fourth-order valence-corrected chi connectivity index (χ4v) is 4.94. The first-order chi connectivity index (χ1) is 16.5. The molecule has 0 amide bonds. The van der Waals surface area contributed by atoms with Crippen molar-refractivity contribution < 1.29 is 13.2 Å². The summed E-state index contributed by atoms with van der Waals surface area (Å²) < 4.78 is 40.3. The Bertz CT molecular complexity index is 1690. The van der Waals surface area contributed by atoms with Crippen molar-refractivity contribution in [2.24, 2.45) is 0 Å². The Morgan fingerprint density at radius 1 is 0.441 bits per heavy atom. The lowest BCUT2D eigenvalue weighted by molar-refractivity contribution is -0.137. The molecule has 6 aromatic rings. The summed E-state index contributed by atoms with van der Waals surface area (Å²) in [6, 6.07) is 36.3. The van der Waals surface area contributed by atoms with Crippen LogP contribution in [-0.4, -0.2) is 0 Å². The molecule has 164 valence electrons. The lowest BCUT2D eigenvalue weighted by atomic mass is 9.87. The first kappa shape index (κ1) is 20.5. The van der Waals surface area contributed by atoms with Crippen molar-refractivity contribution >= 4 is 32.3 Å². The molecule has 3 heteroatoms. The number of hydrogen-bond acceptors (Lipinski definition) is 0. The van der Waals surface area contributed by atoms with E-state index in [0.29, 0.717) is 5.56 Å². The molecule has 0 unspecified atom stereocenters. The van der Waals surface area contributed by atoms with E-state index in [1.807, 2.05) is 36.4 Å². The SMILES string of the molecule is FC(F)(F)c1cccc(-c2cccc3c(-c4cccc5ccccc45)c4ccccc4cc23)c1. The Labute approximate surface area is 194 Å².